The molecule has 1 fully saturated rings. The molecule has 2 heterocycles. The van der Waals surface area contributed by atoms with Crippen molar-refractivity contribution in [3.63, 3.8) is 0 Å². The summed E-state index contributed by atoms with van der Waals surface area (Å²) >= 11 is 1.99. The quantitative estimate of drug-likeness (QED) is 0.909. The van der Waals surface area contributed by atoms with Crippen LogP contribution in [-0.4, -0.2) is 29.6 Å². The molecule has 3 nitrogen and oxygen atoms in total. The summed E-state index contributed by atoms with van der Waals surface area (Å²) in [5.74, 6) is 0. The molecule has 0 aromatic carbocycles. The topological polar surface area (TPSA) is 42.1 Å². The zero-order valence-electron chi connectivity index (χ0n) is 11.3. The van der Waals surface area contributed by atoms with Crippen LogP contribution in [0.3, 0.4) is 0 Å². The molecule has 1 atom stereocenters. The van der Waals surface area contributed by atoms with Crippen LogP contribution in [0.2, 0.25) is 0 Å². The Morgan fingerprint density at radius 3 is 2.67 bits per heavy atom. The van der Waals surface area contributed by atoms with Crippen LogP contribution in [0.15, 0.2) is 18.3 Å². The maximum atomic E-state index is 5.98. The Morgan fingerprint density at radius 2 is 2.17 bits per heavy atom. The Bertz CT molecular complexity index is 358. The lowest BCUT2D eigenvalue weighted by Gasteiger charge is -2.32. The summed E-state index contributed by atoms with van der Waals surface area (Å²) < 4.78 is 0. The minimum Gasteiger partial charge on any atom is -0.370 e. The van der Waals surface area contributed by atoms with Crippen molar-refractivity contribution in [1.82, 2.24) is 4.98 Å². The second-order valence-corrected chi connectivity index (χ2v) is 6.02. The fourth-order valence-electron chi connectivity index (χ4n) is 2.36. The van der Waals surface area contributed by atoms with Gasteiger partial charge in [0.15, 0.2) is 0 Å². The van der Waals surface area contributed by atoms with Gasteiger partial charge in [0.1, 0.15) is 0 Å². The van der Waals surface area contributed by atoms with E-state index in [0.717, 1.165) is 30.5 Å². The molecule has 0 bridgehead atoms. The highest BCUT2D eigenvalue weighted by Gasteiger charge is 2.18. The van der Waals surface area contributed by atoms with Gasteiger partial charge in [0.25, 0.3) is 0 Å². The van der Waals surface area contributed by atoms with E-state index in [-0.39, 0.29) is 6.04 Å². The fourth-order valence-corrected chi connectivity index (χ4v) is 3.04. The first-order valence-electron chi connectivity index (χ1n) is 6.74. The minimum atomic E-state index is 0.0706. The second-order valence-electron chi connectivity index (χ2n) is 4.88. The number of rotatable bonds is 4. The molecule has 18 heavy (non-hydrogen) atoms. The van der Waals surface area contributed by atoms with Crippen LogP contribution in [0.4, 0.5) is 5.69 Å². The molecule has 1 aliphatic heterocycles. The molecule has 0 amide bonds. The molecule has 1 aliphatic rings. The summed E-state index contributed by atoms with van der Waals surface area (Å²) in [6, 6.07) is 4.31. The monoisotopic (exact) mass is 265 g/mol. The van der Waals surface area contributed by atoms with Gasteiger partial charge in [-0.1, -0.05) is 6.92 Å². The van der Waals surface area contributed by atoms with Gasteiger partial charge in [-0.05, 0) is 37.7 Å². The van der Waals surface area contributed by atoms with Gasteiger partial charge in [-0.2, -0.15) is 11.8 Å². The van der Waals surface area contributed by atoms with Crippen LogP contribution in [0, 0.1) is 0 Å². The number of thioether (sulfide) groups is 1. The fraction of sp³-hybridized carbons (Fsp3) is 0.643. The Labute approximate surface area is 114 Å². The molecular formula is C14H23N3S. The van der Waals surface area contributed by atoms with Crippen LogP contribution in [0.25, 0.3) is 0 Å². The van der Waals surface area contributed by atoms with E-state index in [1.807, 2.05) is 18.0 Å². The summed E-state index contributed by atoms with van der Waals surface area (Å²) in [4.78, 5) is 6.92. The van der Waals surface area contributed by atoms with Crippen molar-refractivity contribution in [2.45, 2.75) is 37.5 Å². The van der Waals surface area contributed by atoms with Gasteiger partial charge < -0.3 is 10.6 Å². The predicted molar refractivity (Wildman–Crippen MR) is 80.2 cm³/mol. The summed E-state index contributed by atoms with van der Waals surface area (Å²) in [6.45, 7) is 4.38. The van der Waals surface area contributed by atoms with Gasteiger partial charge in [0, 0.05) is 24.4 Å². The molecule has 0 spiro atoms. The molecule has 0 saturated carbocycles. The summed E-state index contributed by atoms with van der Waals surface area (Å²) in [6.07, 6.45) is 7.67. The normalized spacial score (nSPS) is 18.9. The Morgan fingerprint density at radius 1 is 1.44 bits per heavy atom. The largest absolute Gasteiger partial charge is 0.370 e. The molecule has 2 rings (SSSR count). The van der Waals surface area contributed by atoms with Crippen molar-refractivity contribution in [1.29, 1.82) is 0 Å². The standard InChI is InChI=1S/C14H23N3S/c1-3-13(15)14-5-4-11(10-16-14)17-8-6-12(18-2)7-9-17/h4-5,10,12-13H,3,6-9,15H2,1-2H3/t13-/m0/s1. The number of hydrogen-bond acceptors (Lipinski definition) is 4. The molecule has 1 saturated heterocycles. The van der Waals surface area contributed by atoms with Gasteiger partial charge in [-0.15, -0.1) is 0 Å². The molecule has 0 radical (unpaired) electrons. The number of nitrogens with two attached hydrogens (primary N) is 1. The van der Waals surface area contributed by atoms with E-state index < -0.39 is 0 Å². The molecule has 100 valence electrons. The lowest BCUT2D eigenvalue weighted by molar-refractivity contribution is 0.590. The van der Waals surface area contributed by atoms with Crippen molar-refractivity contribution in [2.75, 3.05) is 24.2 Å². The highest BCUT2D eigenvalue weighted by Crippen LogP contribution is 2.25. The summed E-state index contributed by atoms with van der Waals surface area (Å²) in [5.41, 5.74) is 8.22. The first-order valence-corrected chi connectivity index (χ1v) is 8.02. The van der Waals surface area contributed by atoms with Gasteiger partial charge in [0.05, 0.1) is 17.6 Å². The average Bonchev–Trinajstić information content (AvgIpc) is 2.47. The molecule has 1 aromatic rings. The van der Waals surface area contributed by atoms with E-state index in [2.05, 4.69) is 35.2 Å². The molecule has 2 N–H and O–H groups in total. The number of piperidine rings is 1. The Hall–Kier alpha value is -0.740. The zero-order valence-corrected chi connectivity index (χ0v) is 12.1. The van der Waals surface area contributed by atoms with E-state index in [4.69, 9.17) is 5.73 Å². The van der Waals surface area contributed by atoms with Gasteiger partial charge >= 0.3 is 0 Å². The smallest absolute Gasteiger partial charge is 0.0572 e. The van der Waals surface area contributed by atoms with E-state index in [0.29, 0.717) is 0 Å². The lowest BCUT2D eigenvalue weighted by Crippen LogP contribution is -2.34. The first kappa shape index (κ1) is 13.7. The Kier molecular flexibility index (Phi) is 4.89. The van der Waals surface area contributed by atoms with E-state index in [1.165, 1.54) is 18.5 Å². The summed E-state index contributed by atoms with van der Waals surface area (Å²) in [5, 5.41) is 0.835. The maximum absolute atomic E-state index is 5.98. The van der Waals surface area contributed by atoms with Gasteiger partial charge in [0.2, 0.25) is 0 Å². The summed E-state index contributed by atoms with van der Waals surface area (Å²) in [7, 11) is 0. The number of aromatic nitrogens is 1. The van der Waals surface area contributed by atoms with Crippen LogP contribution in [0.5, 0.6) is 0 Å². The van der Waals surface area contributed by atoms with Gasteiger partial charge in [-0.3, -0.25) is 4.98 Å². The Balaban J connectivity index is 1.98. The third kappa shape index (κ3) is 3.18. The predicted octanol–water partition coefficient (Wildman–Crippen LogP) is 2.82. The zero-order chi connectivity index (χ0) is 13.0. The van der Waals surface area contributed by atoms with Crippen molar-refractivity contribution < 1.29 is 0 Å². The average molecular weight is 265 g/mol. The van der Waals surface area contributed by atoms with E-state index in [1.54, 1.807) is 0 Å². The molecule has 0 unspecified atom stereocenters. The molecule has 1 aromatic heterocycles. The van der Waals surface area contributed by atoms with Crippen LogP contribution >= 0.6 is 11.8 Å². The number of pyridine rings is 1. The first-order chi connectivity index (χ1) is 8.74. The van der Waals surface area contributed by atoms with Crippen molar-refractivity contribution in [3.05, 3.63) is 24.0 Å². The minimum absolute atomic E-state index is 0.0706. The van der Waals surface area contributed by atoms with E-state index >= 15 is 0 Å². The highest BCUT2D eigenvalue weighted by molar-refractivity contribution is 7.99. The molecule has 4 heteroatoms. The lowest BCUT2D eigenvalue weighted by atomic mass is 10.1. The number of anilines is 1. The molecular weight excluding hydrogens is 242 g/mol. The SMILES string of the molecule is CC[C@H](N)c1ccc(N2CCC(SC)CC2)cn1. The van der Waals surface area contributed by atoms with Crippen LogP contribution in [0.1, 0.15) is 37.9 Å². The van der Waals surface area contributed by atoms with Crippen molar-refractivity contribution >= 4 is 17.4 Å². The van der Waals surface area contributed by atoms with E-state index in [9.17, 15) is 0 Å². The second kappa shape index (κ2) is 6.43. The third-order valence-corrected chi connectivity index (χ3v) is 4.87. The van der Waals surface area contributed by atoms with Crippen molar-refractivity contribution in [3.8, 4) is 0 Å². The third-order valence-electron chi connectivity index (χ3n) is 3.73. The molecule has 0 aliphatic carbocycles. The van der Waals surface area contributed by atoms with Crippen LogP contribution in [-0.2, 0) is 0 Å². The van der Waals surface area contributed by atoms with Crippen LogP contribution < -0.4 is 10.6 Å². The van der Waals surface area contributed by atoms with Crippen molar-refractivity contribution in [2.24, 2.45) is 5.73 Å². The highest BCUT2D eigenvalue weighted by atomic mass is 32.2. The number of hydrogen-bond donors (Lipinski definition) is 1. The number of nitrogens with zero attached hydrogens (tertiary/aromatic N) is 2. The van der Waals surface area contributed by atoms with Gasteiger partial charge in [-0.25, -0.2) is 0 Å². The maximum Gasteiger partial charge on any atom is 0.0572 e.